The number of ketones is 1. The summed E-state index contributed by atoms with van der Waals surface area (Å²) >= 11 is 10.5. The van der Waals surface area contributed by atoms with Crippen LogP contribution < -0.4 is 5.73 Å². The SMILES string of the molecule is N[C@@H](CS)C1=N[C@]2(c3ccccc3Cl)CCC[C@H](O1)C2=O. The van der Waals surface area contributed by atoms with E-state index in [1.165, 1.54) is 0 Å². The fourth-order valence-electron chi connectivity index (χ4n) is 3.02. The molecule has 2 N–H and O–H groups in total. The molecule has 0 radical (unpaired) electrons. The number of carbonyl (C=O) groups is 1. The number of aliphatic imine (C=N–C) groups is 1. The van der Waals surface area contributed by atoms with Gasteiger partial charge in [0.15, 0.2) is 11.6 Å². The van der Waals surface area contributed by atoms with Crippen molar-refractivity contribution in [3.8, 4) is 0 Å². The first-order chi connectivity index (χ1) is 10.1. The summed E-state index contributed by atoms with van der Waals surface area (Å²) in [6, 6.07) is 6.95. The number of ether oxygens (including phenoxy) is 1. The normalized spacial score (nSPS) is 29.6. The summed E-state index contributed by atoms with van der Waals surface area (Å²) in [5, 5.41) is 0.552. The average molecular weight is 325 g/mol. The molecule has 0 spiro atoms. The quantitative estimate of drug-likeness (QED) is 0.839. The molecule has 0 aromatic heterocycles. The van der Waals surface area contributed by atoms with Gasteiger partial charge in [0, 0.05) is 16.3 Å². The van der Waals surface area contributed by atoms with Gasteiger partial charge in [-0.2, -0.15) is 12.6 Å². The second-order valence-electron chi connectivity index (χ2n) is 5.44. The van der Waals surface area contributed by atoms with Gasteiger partial charge >= 0.3 is 0 Å². The lowest BCUT2D eigenvalue weighted by atomic mass is 9.74. The summed E-state index contributed by atoms with van der Waals surface area (Å²) in [6.45, 7) is 0. The minimum Gasteiger partial charge on any atom is -0.468 e. The zero-order chi connectivity index (χ0) is 15.0. The predicted octanol–water partition coefficient (Wildman–Crippen LogP) is 2.34. The maximum absolute atomic E-state index is 12.8. The predicted molar refractivity (Wildman–Crippen MR) is 86.1 cm³/mol. The molecule has 21 heavy (non-hydrogen) atoms. The van der Waals surface area contributed by atoms with Crippen molar-refractivity contribution < 1.29 is 9.53 Å². The molecule has 1 aromatic rings. The topological polar surface area (TPSA) is 64.7 Å². The number of nitrogens with zero attached hydrogens (tertiary/aromatic N) is 1. The molecule has 4 nitrogen and oxygen atoms in total. The Balaban J connectivity index is 2.16. The Labute approximate surface area is 134 Å². The maximum atomic E-state index is 12.8. The number of halogens is 1. The molecule has 0 amide bonds. The third-order valence-corrected chi connectivity index (χ3v) is 4.83. The van der Waals surface area contributed by atoms with Crippen LogP contribution in [-0.4, -0.2) is 29.6 Å². The maximum Gasteiger partial charge on any atom is 0.205 e. The van der Waals surface area contributed by atoms with E-state index in [2.05, 4.69) is 17.6 Å². The van der Waals surface area contributed by atoms with Gasteiger partial charge in [-0.15, -0.1) is 0 Å². The molecule has 0 unspecified atom stereocenters. The summed E-state index contributed by atoms with van der Waals surface area (Å²) in [5.74, 6) is 0.810. The Morgan fingerprint density at radius 3 is 3.00 bits per heavy atom. The Hall–Kier alpha value is -1.04. The highest BCUT2D eigenvalue weighted by atomic mass is 35.5. The number of hydrogen-bond donors (Lipinski definition) is 2. The van der Waals surface area contributed by atoms with E-state index in [-0.39, 0.29) is 5.78 Å². The minimum absolute atomic E-state index is 0.0167. The zero-order valence-corrected chi connectivity index (χ0v) is 13.1. The molecule has 1 aromatic carbocycles. The van der Waals surface area contributed by atoms with E-state index in [4.69, 9.17) is 22.1 Å². The van der Waals surface area contributed by atoms with E-state index in [1.54, 1.807) is 6.07 Å². The lowest BCUT2D eigenvalue weighted by molar-refractivity contribution is -0.137. The molecule has 1 fully saturated rings. The van der Waals surface area contributed by atoms with Crippen molar-refractivity contribution in [2.75, 3.05) is 5.75 Å². The minimum atomic E-state index is -0.949. The molecule has 2 bridgehead atoms. The number of nitrogens with two attached hydrogens (primary N) is 1. The van der Waals surface area contributed by atoms with Crippen LogP contribution in [0.15, 0.2) is 29.3 Å². The van der Waals surface area contributed by atoms with Crippen molar-refractivity contribution in [2.24, 2.45) is 10.7 Å². The second-order valence-corrected chi connectivity index (χ2v) is 6.21. The Morgan fingerprint density at radius 2 is 2.29 bits per heavy atom. The number of thiol groups is 1. The first-order valence-corrected chi connectivity index (χ1v) is 8.01. The molecule has 112 valence electrons. The standard InChI is InChI=1S/C15H17ClN2O2S/c16-10-5-2-1-4-9(10)15-7-3-6-12(13(15)19)20-14(18-15)11(17)8-21/h1-2,4-5,11-12,21H,3,6-8,17H2/t11-,12-,15-/m0/s1. The number of fused-ring (bicyclic) bond motifs is 2. The van der Waals surface area contributed by atoms with Crippen LogP contribution in [0.25, 0.3) is 0 Å². The fraction of sp³-hybridized carbons (Fsp3) is 0.467. The largest absolute Gasteiger partial charge is 0.468 e. The molecule has 1 heterocycles. The lowest BCUT2D eigenvalue weighted by Crippen LogP contribution is -2.54. The van der Waals surface area contributed by atoms with Crippen LogP contribution in [-0.2, 0) is 15.1 Å². The monoisotopic (exact) mass is 324 g/mol. The van der Waals surface area contributed by atoms with Gasteiger partial charge in [-0.25, -0.2) is 4.99 Å². The number of benzene rings is 1. The van der Waals surface area contributed by atoms with Gasteiger partial charge in [0.1, 0.15) is 0 Å². The van der Waals surface area contributed by atoms with Gasteiger partial charge < -0.3 is 10.5 Å². The number of carbonyl (C=O) groups excluding carboxylic acids is 1. The van der Waals surface area contributed by atoms with Crippen LogP contribution in [0.4, 0.5) is 0 Å². The van der Waals surface area contributed by atoms with E-state index in [1.807, 2.05) is 18.2 Å². The summed E-state index contributed by atoms with van der Waals surface area (Å²) in [4.78, 5) is 17.4. The Kier molecular flexibility index (Phi) is 3.99. The van der Waals surface area contributed by atoms with Crippen LogP contribution in [0, 0.1) is 0 Å². The number of hydrogen-bond acceptors (Lipinski definition) is 5. The van der Waals surface area contributed by atoms with Crippen molar-refractivity contribution in [3.63, 3.8) is 0 Å². The summed E-state index contributed by atoms with van der Waals surface area (Å²) in [5.41, 5.74) is 5.79. The highest BCUT2D eigenvalue weighted by Crippen LogP contribution is 2.44. The number of rotatable bonds is 3. The van der Waals surface area contributed by atoms with Crippen molar-refractivity contribution in [2.45, 2.75) is 36.9 Å². The van der Waals surface area contributed by atoms with Crippen LogP contribution in [0.3, 0.4) is 0 Å². The fourth-order valence-corrected chi connectivity index (χ4v) is 3.47. The molecule has 1 aliphatic heterocycles. The third-order valence-electron chi connectivity index (χ3n) is 4.10. The highest BCUT2D eigenvalue weighted by Gasteiger charge is 2.52. The molecule has 1 saturated carbocycles. The molecular weight excluding hydrogens is 308 g/mol. The molecule has 0 saturated heterocycles. The van der Waals surface area contributed by atoms with E-state index in [9.17, 15) is 4.79 Å². The Morgan fingerprint density at radius 1 is 1.52 bits per heavy atom. The molecule has 3 rings (SSSR count). The summed E-state index contributed by atoms with van der Waals surface area (Å²) < 4.78 is 5.69. The molecule has 2 aliphatic rings. The Bertz CT molecular complexity index is 607. The second kappa shape index (κ2) is 5.63. The first-order valence-electron chi connectivity index (χ1n) is 7.00. The van der Waals surface area contributed by atoms with Gasteiger partial charge in [0.2, 0.25) is 11.7 Å². The van der Waals surface area contributed by atoms with Crippen molar-refractivity contribution in [1.82, 2.24) is 0 Å². The highest BCUT2D eigenvalue weighted by molar-refractivity contribution is 7.80. The smallest absolute Gasteiger partial charge is 0.205 e. The molecular formula is C15H17ClN2O2S. The van der Waals surface area contributed by atoms with Gasteiger partial charge in [0.05, 0.1) is 6.04 Å². The van der Waals surface area contributed by atoms with E-state index in [0.717, 1.165) is 12.0 Å². The van der Waals surface area contributed by atoms with Gasteiger partial charge in [0.25, 0.3) is 0 Å². The first kappa shape index (κ1) is 14.9. The molecule has 1 aliphatic carbocycles. The van der Waals surface area contributed by atoms with Crippen molar-refractivity contribution >= 4 is 35.9 Å². The molecule has 3 atom stereocenters. The van der Waals surface area contributed by atoms with Crippen molar-refractivity contribution in [1.29, 1.82) is 0 Å². The summed E-state index contributed by atoms with van der Waals surface area (Å²) in [7, 11) is 0. The van der Waals surface area contributed by atoms with Crippen LogP contribution in [0.5, 0.6) is 0 Å². The van der Waals surface area contributed by atoms with Crippen LogP contribution in [0.1, 0.15) is 24.8 Å². The van der Waals surface area contributed by atoms with Crippen molar-refractivity contribution in [3.05, 3.63) is 34.9 Å². The van der Waals surface area contributed by atoms with E-state index in [0.29, 0.717) is 29.5 Å². The van der Waals surface area contributed by atoms with Gasteiger partial charge in [-0.05, 0) is 25.3 Å². The van der Waals surface area contributed by atoms with Gasteiger partial charge in [-0.1, -0.05) is 29.8 Å². The van der Waals surface area contributed by atoms with E-state index >= 15 is 0 Å². The van der Waals surface area contributed by atoms with Crippen LogP contribution in [0.2, 0.25) is 5.02 Å². The van der Waals surface area contributed by atoms with Gasteiger partial charge in [-0.3, -0.25) is 4.79 Å². The number of Topliss-reactive ketones (excluding diaryl/α,β-unsaturated/α-hetero) is 1. The van der Waals surface area contributed by atoms with Crippen LogP contribution >= 0.6 is 24.2 Å². The van der Waals surface area contributed by atoms with E-state index < -0.39 is 17.7 Å². The average Bonchev–Trinajstić information content (AvgIpc) is 2.47. The summed E-state index contributed by atoms with van der Waals surface area (Å²) in [6.07, 6.45) is 1.73. The molecule has 6 heteroatoms. The zero-order valence-electron chi connectivity index (χ0n) is 11.5. The lowest BCUT2D eigenvalue weighted by Gasteiger charge is -2.42. The third kappa shape index (κ3) is 2.37.